The molecule has 0 unspecified atom stereocenters. The van der Waals surface area contributed by atoms with Crippen LogP contribution in [0.25, 0.3) is 0 Å². The Morgan fingerprint density at radius 3 is 2.81 bits per heavy atom. The number of fused-ring (bicyclic) bond motifs is 1. The molecule has 1 aliphatic rings. The van der Waals surface area contributed by atoms with Crippen LogP contribution in [0.15, 0.2) is 18.2 Å². The first-order valence-electron chi connectivity index (χ1n) is 5.71. The lowest BCUT2D eigenvalue weighted by Gasteiger charge is -2.15. The Labute approximate surface area is 96.2 Å². The third-order valence-electron chi connectivity index (χ3n) is 3.15. The van der Waals surface area contributed by atoms with E-state index in [0.717, 1.165) is 24.3 Å². The molecule has 16 heavy (non-hydrogen) atoms. The summed E-state index contributed by atoms with van der Waals surface area (Å²) in [6.45, 7) is 7.82. The molecule has 1 aromatic rings. The van der Waals surface area contributed by atoms with Crippen LogP contribution in [-0.2, 0) is 16.8 Å². The van der Waals surface area contributed by atoms with E-state index in [2.05, 4.69) is 29.7 Å². The van der Waals surface area contributed by atoms with Crippen molar-refractivity contribution in [3.63, 3.8) is 0 Å². The Morgan fingerprint density at radius 2 is 2.12 bits per heavy atom. The number of benzene rings is 1. The average molecular weight is 218 g/mol. The highest BCUT2D eigenvalue weighted by Crippen LogP contribution is 2.37. The SMILES string of the molecule is CCNCc1ccc2c(c1)C(C)(C)C(=O)N2. The van der Waals surface area contributed by atoms with E-state index in [1.54, 1.807) is 0 Å². The van der Waals surface area contributed by atoms with Crippen LogP contribution in [0.4, 0.5) is 5.69 Å². The van der Waals surface area contributed by atoms with Crippen LogP contribution in [0.5, 0.6) is 0 Å². The van der Waals surface area contributed by atoms with E-state index >= 15 is 0 Å². The molecule has 0 saturated carbocycles. The predicted octanol–water partition coefficient (Wildman–Crippen LogP) is 2.03. The van der Waals surface area contributed by atoms with Crippen molar-refractivity contribution in [2.75, 3.05) is 11.9 Å². The van der Waals surface area contributed by atoms with Gasteiger partial charge < -0.3 is 10.6 Å². The topological polar surface area (TPSA) is 41.1 Å². The molecule has 1 amide bonds. The van der Waals surface area contributed by atoms with Crippen molar-refractivity contribution in [3.05, 3.63) is 29.3 Å². The molecule has 1 aliphatic heterocycles. The number of hydrogen-bond donors (Lipinski definition) is 2. The highest BCUT2D eigenvalue weighted by atomic mass is 16.2. The summed E-state index contributed by atoms with van der Waals surface area (Å²) in [4.78, 5) is 11.8. The Kier molecular flexibility index (Phi) is 2.72. The normalized spacial score (nSPS) is 17.1. The standard InChI is InChI=1S/C13H18N2O/c1-4-14-8-9-5-6-11-10(7-9)13(2,3)12(16)15-11/h5-7,14H,4,8H2,1-3H3,(H,15,16). The van der Waals surface area contributed by atoms with Gasteiger partial charge in [-0.25, -0.2) is 0 Å². The van der Waals surface area contributed by atoms with E-state index in [4.69, 9.17) is 0 Å². The van der Waals surface area contributed by atoms with E-state index in [9.17, 15) is 4.79 Å². The highest BCUT2D eigenvalue weighted by Gasteiger charge is 2.38. The van der Waals surface area contributed by atoms with Gasteiger partial charge in [-0.05, 0) is 37.6 Å². The van der Waals surface area contributed by atoms with E-state index in [1.165, 1.54) is 5.56 Å². The van der Waals surface area contributed by atoms with Crippen LogP contribution in [-0.4, -0.2) is 12.5 Å². The maximum atomic E-state index is 11.8. The summed E-state index contributed by atoms with van der Waals surface area (Å²) < 4.78 is 0. The maximum Gasteiger partial charge on any atom is 0.234 e. The number of hydrogen-bond acceptors (Lipinski definition) is 2. The molecular weight excluding hydrogens is 200 g/mol. The van der Waals surface area contributed by atoms with Gasteiger partial charge in [0.25, 0.3) is 0 Å². The fourth-order valence-electron chi connectivity index (χ4n) is 2.00. The summed E-state index contributed by atoms with van der Waals surface area (Å²) in [6.07, 6.45) is 0. The zero-order chi connectivity index (χ0) is 11.8. The molecule has 0 atom stereocenters. The van der Waals surface area contributed by atoms with Crippen molar-refractivity contribution in [2.45, 2.75) is 32.7 Å². The summed E-state index contributed by atoms with van der Waals surface area (Å²) in [5.74, 6) is 0.0862. The van der Waals surface area contributed by atoms with Crippen LogP contribution < -0.4 is 10.6 Å². The highest BCUT2D eigenvalue weighted by molar-refractivity contribution is 6.05. The molecule has 0 bridgehead atoms. The minimum absolute atomic E-state index is 0.0862. The zero-order valence-electron chi connectivity index (χ0n) is 10.1. The quantitative estimate of drug-likeness (QED) is 0.815. The molecule has 0 radical (unpaired) electrons. The molecule has 0 saturated heterocycles. The van der Waals surface area contributed by atoms with Gasteiger partial charge in [-0.2, -0.15) is 0 Å². The lowest BCUT2D eigenvalue weighted by molar-refractivity contribution is -0.119. The van der Waals surface area contributed by atoms with Crippen molar-refractivity contribution in [2.24, 2.45) is 0 Å². The largest absolute Gasteiger partial charge is 0.325 e. The van der Waals surface area contributed by atoms with Gasteiger partial charge in [0.2, 0.25) is 5.91 Å². The summed E-state index contributed by atoms with van der Waals surface area (Å²) in [6, 6.07) is 6.17. The second-order valence-electron chi connectivity index (χ2n) is 4.74. The fraction of sp³-hybridized carbons (Fsp3) is 0.462. The smallest absolute Gasteiger partial charge is 0.234 e. The first kappa shape index (κ1) is 11.1. The molecular formula is C13H18N2O. The number of nitrogens with one attached hydrogen (secondary N) is 2. The first-order chi connectivity index (χ1) is 7.55. The molecule has 0 aliphatic carbocycles. The molecule has 0 fully saturated rings. The van der Waals surface area contributed by atoms with Crippen molar-refractivity contribution in [3.8, 4) is 0 Å². The molecule has 0 aromatic heterocycles. The van der Waals surface area contributed by atoms with E-state index < -0.39 is 5.41 Å². The van der Waals surface area contributed by atoms with Crippen molar-refractivity contribution >= 4 is 11.6 Å². The maximum absolute atomic E-state index is 11.8. The van der Waals surface area contributed by atoms with Crippen LogP contribution in [0.3, 0.4) is 0 Å². The second-order valence-corrected chi connectivity index (χ2v) is 4.74. The minimum atomic E-state index is -0.405. The summed E-state index contributed by atoms with van der Waals surface area (Å²) >= 11 is 0. The number of carbonyl (C=O) groups is 1. The predicted molar refractivity (Wildman–Crippen MR) is 65.5 cm³/mol. The van der Waals surface area contributed by atoms with Gasteiger partial charge in [0.15, 0.2) is 0 Å². The van der Waals surface area contributed by atoms with E-state index in [0.29, 0.717) is 0 Å². The lowest BCUT2D eigenvalue weighted by atomic mass is 9.85. The summed E-state index contributed by atoms with van der Waals surface area (Å²) in [5, 5.41) is 6.20. The molecule has 3 heteroatoms. The Balaban J connectivity index is 2.33. The van der Waals surface area contributed by atoms with Gasteiger partial charge in [0.1, 0.15) is 0 Å². The molecule has 1 heterocycles. The van der Waals surface area contributed by atoms with Gasteiger partial charge in [-0.3, -0.25) is 4.79 Å². The second kappa shape index (κ2) is 3.91. The molecule has 2 rings (SSSR count). The number of amides is 1. The summed E-state index contributed by atoms with van der Waals surface area (Å²) in [7, 11) is 0. The Morgan fingerprint density at radius 1 is 1.38 bits per heavy atom. The number of anilines is 1. The van der Waals surface area contributed by atoms with Gasteiger partial charge in [0.05, 0.1) is 5.41 Å². The summed E-state index contributed by atoms with van der Waals surface area (Å²) in [5.41, 5.74) is 2.88. The number of rotatable bonds is 3. The van der Waals surface area contributed by atoms with Crippen molar-refractivity contribution < 1.29 is 4.79 Å². The van der Waals surface area contributed by atoms with Crippen LogP contribution in [0.2, 0.25) is 0 Å². The van der Waals surface area contributed by atoms with Crippen LogP contribution in [0.1, 0.15) is 31.9 Å². The van der Waals surface area contributed by atoms with Gasteiger partial charge in [-0.1, -0.05) is 19.1 Å². The molecule has 0 spiro atoms. The van der Waals surface area contributed by atoms with Gasteiger partial charge >= 0.3 is 0 Å². The molecule has 3 nitrogen and oxygen atoms in total. The van der Waals surface area contributed by atoms with Crippen molar-refractivity contribution in [1.82, 2.24) is 5.32 Å². The third kappa shape index (κ3) is 1.71. The number of carbonyl (C=O) groups excluding carboxylic acids is 1. The Bertz CT molecular complexity index is 424. The Hall–Kier alpha value is -1.35. The van der Waals surface area contributed by atoms with E-state index in [1.807, 2.05) is 19.9 Å². The van der Waals surface area contributed by atoms with Gasteiger partial charge in [-0.15, -0.1) is 0 Å². The zero-order valence-corrected chi connectivity index (χ0v) is 10.1. The lowest BCUT2D eigenvalue weighted by Crippen LogP contribution is -2.27. The third-order valence-corrected chi connectivity index (χ3v) is 3.15. The molecule has 2 N–H and O–H groups in total. The van der Waals surface area contributed by atoms with Crippen LogP contribution in [0, 0.1) is 0 Å². The van der Waals surface area contributed by atoms with E-state index in [-0.39, 0.29) is 5.91 Å². The van der Waals surface area contributed by atoms with Crippen LogP contribution >= 0.6 is 0 Å². The molecule has 86 valence electrons. The monoisotopic (exact) mass is 218 g/mol. The first-order valence-corrected chi connectivity index (χ1v) is 5.71. The molecule has 1 aromatic carbocycles. The minimum Gasteiger partial charge on any atom is -0.325 e. The fourth-order valence-corrected chi connectivity index (χ4v) is 2.00. The van der Waals surface area contributed by atoms with Gasteiger partial charge in [0, 0.05) is 12.2 Å². The van der Waals surface area contributed by atoms with Crippen molar-refractivity contribution in [1.29, 1.82) is 0 Å². The average Bonchev–Trinajstić information content (AvgIpc) is 2.48.